The third-order valence-corrected chi connectivity index (χ3v) is 3.65. The van der Waals surface area contributed by atoms with E-state index in [1.165, 1.54) is 11.0 Å². The van der Waals surface area contributed by atoms with Gasteiger partial charge in [-0.25, -0.2) is 4.79 Å². The maximum Gasteiger partial charge on any atom is 1.00 e. The molecule has 0 N–H and O–H groups in total. The smallest absolute Gasteiger partial charge is 0.860 e. The van der Waals surface area contributed by atoms with Crippen molar-refractivity contribution in [3.63, 3.8) is 0 Å². The van der Waals surface area contributed by atoms with E-state index in [0.717, 1.165) is 11.1 Å². The largest absolute Gasteiger partial charge is 1.00 e. The molecule has 4 nitrogen and oxygen atoms in total. The van der Waals surface area contributed by atoms with E-state index in [9.17, 15) is 9.90 Å². The number of carbonyl (C=O) groups is 1. The Morgan fingerprint density at radius 1 is 1.13 bits per heavy atom. The van der Waals surface area contributed by atoms with Gasteiger partial charge in [-0.05, 0) is 23.4 Å². The van der Waals surface area contributed by atoms with Crippen LogP contribution in [0, 0.1) is 0 Å². The summed E-state index contributed by atoms with van der Waals surface area (Å²) >= 11 is 0. The van der Waals surface area contributed by atoms with E-state index in [0.29, 0.717) is 6.42 Å². The summed E-state index contributed by atoms with van der Waals surface area (Å²) in [4.78, 5) is 13.1. The molecule has 0 bridgehead atoms. The van der Waals surface area contributed by atoms with Crippen molar-refractivity contribution in [1.29, 1.82) is 0 Å². The van der Waals surface area contributed by atoms with Gasteiger partial charge >= 0.3 is 25.0 Å². The zero-order chi connectivity index (χ0) is 15.4. The van der Waals surface area contributed by atoms with Crippen molar-refractivity contribution in [2.75, 3.05) is 6.61 Å². The SMILES string of the molecule is O=C1OC[C@H](c2ccccc2)N1/C([O-])=C/Cc1ccccc1.[Li+]. The predicted octanol–water partition coefficient (Wildman–Crippen LogP) is -0.372. The zero-order valence-corrected chi connectivity index (χ0v) is 13.0. The van der Waals surface area contributed by atoms with E-state index in [1.807, 2.05) is 60.7 Å². The Labute approximate surface area is 147 Å². The summed E-state index contributed by atoms with van der Waals surface area (Å²) in [7, 11) is 0. The van der Waals surface area contributed by atoms with Crippen LogP contribution in [-0.4, -0.2) is 17.6 Å². The normalized spacial score (nSPS) is 17.6. The van der Waals surface area contributed by atoms with E-state index in [1.54, 1.807) is 0 Å². The molecule has 1 saturated heterocycles. The Balaban J connectivity index is 0.00000192. The van der Waals surface area contributed by atoms with Crippen LogP contribution >= 0.6 is 0 Å². The monoisotopic (exact) mass is 301 g/mol. The van der Waals surface area contributed by atoms with Gasteiger partial charge in [0.1, 0.15) is 6.61 Å². The maximum atomic E-state index is 12.4. The van der Waals surface area contributed by atoms with E-state index >= 15 is 0 Å². The van der Waals surface area contributed by atoms with Gasteiger partial charge in [0, 0.05) is 0 Å². The minimum atomic E-state index is -0.580. The third-order valence-electron chi connectivity index (χ3n) is 3.65. The molecule has 5 heteroatoms. The molecule has 1 fully saturated rings. The fraction of sp³-hybridized carbons (Fsp3) is 0.167. The van der Waals surface area contributed by atoms with E-state index in [-0.39, 0.29) is 37.4 Å². The van der Waals surface area contributed by atoms with Crippen LogP contribution in [0.25, 0.3) is 0 Å². The Bertz CT molecular complexity index is 673. The number of carbonyl (C=O) groups excluding carboxylic acids is 1. The molecule has 1 aliphatic rings. The van der Waals surface area contributed by atoms with Crippen LogP contribution in [-0.2, 0) is 11.2 Å². The molecule has 23 heavy (non-hydrogen) atoms. The number of allylic oxidation sites excluding steroid dienone is 1. The van der Waals surface area contributed by atoms with Crippen LogP contribution in [0.5, 0.6) is 0 Å². The average molecular weight is 301 g/mol. The molecule has 0 spiro atoms. The second kappa shape index (κ2) is 7.91. The number of amides is 1. The summed E-state index contributed by atoms with van der Waals surface area (Å²) in [5, 5.41) is 12.4. The van der Waals surface area contributed by atoms with Crippen molar-refractivity contribution in [3.8, 4) is 0 Å². The van der Waals surface area contributed by atoms with Crippen molar-refractivity contribution in [2.45, 2.75) is 12.5 Å². The molecule has 1 aliphatic heterocycles. The summed E-state index contributed by atoms with van der Waals surface area (Å²) in [6, 6.07) is 18.8. The number of nitrogens with zero attached hydrogens (tertiary/aromatic N) is 1. The minimum Gasteiger partial charge on any atom is -0.860 e. The van der Waals surface area contributed by atoms with Crippen LogP contribution in [0.1, 0.15) is 17.2 Å². The summed E-state index contributed by atoms with van der Waals surface area (Å²) in [6.45, 7) is 0.202. The topological polar surface area (TPSA) is 52.6 Å². The maximum absolute atomic E-state index is 12.4. The number of hydrogen-bond donors (Lipinski definition) is 0. The molecule has 2 aromatic carbocycles. The molecule has 2 aromatic rings. The first kappa shape index (κ1) is 17.2. The van der Waals surface area contributed by atoms with E-state index in [2.05, 4.69) is 0 Å². The summed E-state index contributed by atoms with van der Waals surface area (Å²) in [5.41, 5.74) is 1.93. The second-order valence-electron chi connectivity index (χ2n) is 5.11. The van der Waals surface area contributed by atoms with Gasteiger partial charge in [-0.15, -0.1) is 0 Å². The number of cyclic esters (lactones) is 1. The number of benzene rings is 2. The minimum absolute atomic E-state index is 0. The molecule has 0 aliphatic carbocycles. The molecule has 112 valence electrons. The van der Waals surface area contributed by atoms with Gasteiger partial charge in [-0.2, -0.15) is 0 Å². The summed E-state index contributed by atoms with van der Waals surface area (Å²) in [5.74, 6) is -0.319. The average Bonchev–Trinajstić information content (AvgIpc) is 2.96. The number of ether oxygens (including phenoxy) is 1. The van der Waals surface area contributed by atoms with Crippen molar-refractivity contribution < 1.29 is 33.5 Å². The van der Waals surface area contributed by atoms with Crippen LogP contribution in [0.15, 0.2) is 72.6 Å². The first-order valence-electron chi connectivity index (χ1n) is 7.18. The van der Waals surface area contributed by atoms with Gasteiger partial charge in [0.25, 0.3) is 0 Å². The third kappa shape index (κ3) is 3.98. The Morgan fingerprint density at radius 3 is 2.39 bits per heavy atom. The molecule has 1 heterocycles. The van der Waals surface area contributed by atoms with Gasteiger partial charge < -0.3 is 9.84 Å². The van der Waals surface area contributed by atoms with Gasteiger partial charge in [0.05, 0.1) is 6.04 Å². The van der Waals surface area contributed by atoms with Crippen LogP contribution in [0.4, 0.5) is 4.79 Å². The second-order valence-corrected chi connectivity index (χ2v) is 5.11. The predicted molar refractivity (Wildman–Crippen MR) is 80.6 cm³/mol. The Kier molecular flexibility index (Phi) is 5.92. The van der Waals surface area contributed by atoms with Crippen molar-refractivity contribution in [2.24, 2.45) is 0 Å². The fourth-order valence-corrected chi connectivity index (χ4v) is 2.50. The van der Waals surface area contributed by atoms with Gasteiger partial charge in [-0.3, -0.25) is 4.90 Å². The summed E-state index contributed by atoms with van der Waals surface area (Å²) in [6.07, 6.45) is 1.44. The van der Waals surface area contributed by atoms with Gasteiger partial charge in [0.2, 0.25) is 0 Å². The Hall–Kier alpha value is -2.15. The van der Waals surface area contributed by atoms with Gasteiger partial charge in [0.15, 0.2) is 0 Å². The quantitative estimate of drug-likeness (QED) is 0.572. The van der Waals surface area contributed by atoms with Crippen LogP contribution in [0.2, 0.25) is 0 Å². The van der Waals surface area contributed by atoms with E-state index in [4.69, 9.17) is 4.74 Å². The van der Waals surface area contributed by atoms with E-state index < -0.39 is 6.09 Å². The number of rotatable bonds is 4. The molecule has 0 aromatic heterocycles. The first-order chi connectivity index (χ1) is 10.8. The Morgan fingerprint density at radius 2 is 1.74 bits per heavy atom. The standard InChI is InChI=1S/C18H17NO3.Li/c20-17(12-11-14-7-3-1-4-8-14)19-16(13-22-18(19)21)15-9-5-2-6-10-15;/h1-10,12,16,20H,11,13H2;/q;+1/p-1/b17-12-;/t16-;/m1./s1. The number of hydrogen-bond acceptors (Lipinski definition) is 3. The molecule has 1 amide bonds. The van der Waals surface area contributed by atoms with Crippen molar-refractivity contribution in [1.82, 2.24) is 4.90 Å². The van der Waals surface area contributed by atoms with Crippen LogP contribution in [0.3, 0.4) is 0 Å². The molecular weight excluding hydrogens is 285 g/mol. The first-order valence-corrected chi connectivity index (χ1v) is 7.18. The molecule has 0 unspecified atom stereocenters. The van der Waals surface area contributed by atoms with Crippen molar-refractivity contribution in [3.05, 3.63) is 83.7 Å². The molecule has 3 rings (SSSR count). The summed E-state index contributed by atoms with van der Waals surface area (Å²) < 4.78 is 5.05. The van der Waals surface area contributed by atoms with Crippen LogP contribution < -0.4 is 24.0 Å². The molecule has 0 radical (unpaired) electrons. The fourth-order valence-electron chi connectivity index (χ4n) is 2.50. The molecular formula is C18H16LiNO3. The molecule has 0 saturated carbocycles. The molecule has 1 atom stereocenters. The van der Waals surface area contributed by atoms with Gasteiger partial charge in [-0.1, -0.05) is 66.7 Å². The van der Waals surface area contributed by atoms with Crippen molar-refractivity contribution >= 4 is 6.09 Å². The zero-order valence-electron chi connectivity index (χ0n) is 13.0.